The van der Waals surface area contributed by atoms with Crippen molar-refractivity contribution in [1.29, 1.82) is 0 Å². The average Bonchev–Trinajstić information content (AvgIpc) is 2.74. The van der Waals surface area contributed by atoms with Crippen molar-refractivity contribution >= 4 is 17.7 Å². The van der Waals surface area contributed by atoms with Crippen LogP contribution in [0.25, 0.3) is 0 Å². The lowest BCUT2D eigenvalue weighted by Gasteiger charge is -2.25. The average molecular weight is 254 g/mol. The number of hydrogen-bond acceptors (Lipinski definition) is 2. The fourth-order valence-corrected chi connectivity index (χ4v) is 2.87. The third-order valence-corrected chi connectivity index (χ3v) is 3.75. The summed E-state index contributed by atoms with van der Waals surface area (Å²) in [5.41, 5.74) is 0.0892. The number of halogens is 2. The molecule has 0 unspecified atom stereocenters. The first-order valence-corrected chi connectivity index (χ1v) is 6.03. The van der Waals surface area contributed by atoms with Crippen LogP contribution >= 0.6 is 11.6 Å². The number of isocyanates is 1. The van der Waals surface area contributed by atoms with Crippen LogP contribution in [0, 0.1) is 12.7 Å². The highest BCUT2D eigenvalue weighted by molar-refractivity contribution is 6.31. The Morgan fingerprint density at radius 3 is 2.65 bits per heavy atom. The van der Waals surface area contributed by atoms with Crippen LogP contribution in [-0.2, 0) is 10.3 Å². The molecule has 4 heteroatoms. The molecule has 0 bridgehead atoms. The van der Waals surface area contributed by atoms with Crippen molar-refractivity contribution in [3.05, 3.63) is 34.1 Å². The Morgan fingerprint density at radius 2 is 2.06 bits per heavy atom. The van der Waals surface area contributed by atoms with Crippen LogP contribution in [0.2, 0.25) is 5.02 Å². The van der Waals surface area contributed by atoms with Crippen molar-refractivity contribution in [3.63, 3.8) is 0 Å². The molecule has 0 saturated heterocycles. The van der Waals surface area contributed by atoms with Crippen molar-refractivity contribution in [2.75, 3.05) is 0 Å². The van der Waals surface area contributed by atoms with E-state index in [0.717, 1.165) is 12.8 Å². The van der Waals surface area contributed by atoms with Gasteiger partial charge in [0.1, 0.15) is 11.4 Å². The molecule has 1 saturated carbocycles. The summed E-state index contributed by atoms with van der Waals surface area (Å²) >= 11 is 6.08. The molecule has 0 N–H and O–H groups in total. The molecule has 0 atom stereocenters. The maximum absolute atomic E-state index is 14.2. The number of rotatable bonds is 2. The molecule has 0 amide bonds. The number of benzene rings is 1. The van der Waals surface area contributed by atoms with E-state index in [-0.39, 0.29) is 5.82 Å². The third-order valence-electron chi connectivity index (χ3n) is 3.44. The Balaban J connectivity index is 2.65. The number of hydrogen-bond donors (Lipinski definition) is 0. The molecule has 90 valence electrons. The fourth-order valence-electron chi connectivity index (χ4n) is 2.55. The molecular formula is C13H13ClFNO. The minimum atomic E-state index is -0.797. The first-order chi connectivity index (χ1) is 8.10. The normalized spacial score (nSPS) is 17.8. The summed E-state index contributed by atoms with van der Waals surface area (Å²) in [6, 6.07) is 3.30. The van der Waals surface area contributed by atoms with E-state index in [4.69, 9.17) is 11.6 Å². The monoisotopic (exact) mass is 253 g/mol. The van der Waals surface area contributed by atoms with Crippen molar-refractivity contribution in [3.8, 4) is 0 Å². The predicted octanol–water partition coefficient (Wildman–Crippen LogP) is 3.89. The standard InChI is InChI=1S/C13H13ClFNO/c1-9-4-5-10(14)11(12(9)15)13(16-8-17)6-2-3-7-13/h4-5H,2-3,6-7H2,1H3. The van der Waals surface area contributed by atoms with Gasteiger partial charge in [-0.25, -0.2) is 9.18 Å². The molecule has 1 aliphatic carbocycles. The zero-order valence-corrected chi connectivity index (χ0v) is 10.4. The Labute approximate surface area is 105 Å². The Bertz CT molecular complexity index is 488. The predicted molar refractivity (Wildman–Crippen MR) is 64.4 cm³/mol. The second-order valence-corrected chi connectivity index (χ2v) is 4.90. The second-order valence-electron chi connectivity index (χ2n) is 4.50. The van der Waals surface area contributed by atoms with Gasteiger partial charge < -0.3 is 0 Å². The number of nitrogens with zero attached hydrogens (tertiary/aromatic N) is 1. The van der Waals surface area contributed by atoms with E-state index >= 15 is 0 Å². The summed E-state index contributed by atoms with van der Waals surface area (Å²) in [5.74, 6) is -0.349. The number of carbonyl (C=O) groups excluding carboxylic acids is 1. The topological polar surface area (TPSA) is 29.4 Å². The SMILES string of the molecule is Cc1ccc(Cl)c(C2(N=C=O)CCCC2)c1F. The van der Waals surface area contributed by atoms with Gasteiger partial charge in [-0.3, -0.25) is 0 Å². The highest BCUT2D eigenvalue weighted by atomic mass is 35.5. The number of aliphatic imine (C=N–C) groups is 1. The minimum Gasteiger partial charge on any atom is -0.211 e. The van der Waals surface area contributed by atoms with Crippen molar-refractivity contribution in [1.82, 2.24) is 0 Å². The summed E-state index contributed by atoms with van der Waals surface area (Å²) in [5, 5.41) is 0.342. The van der Waals surface area contributed by atoms with Gasteiger partial charge in [0.25, 0.3) is 0 Å². The highest BCUT2D eigenvalue weighted by Crippen LogP contribution is 2.46. The molecule has 0 spiro atoms. The minimum absolute atomic E-state index is 0.342. The van der Waals surface area contributed by atoms with E-state index in [1.54, 1.807) is 25.1 Å². The van der Waals surface area contributed by atoms with E-state index in [1.165, 1.54) is 0 Å². The van der Waals surface area contributed by atoms with Crippen molar-refractivity contribution in [2.24, 2.45) is 4.99 Å². The maximum Gasteiger partial charge on any atom is 0.235 e. The van der Waals surface area contributed by atoms with Crippen LogP contribution in [-0.4, -0.2) is 6.08 Å². The molecular weight excluding hydrogens is 241 g/mol. The molecule has 0 aliphatic heterocycles. The zero-order chi connectivity index (χ0) is 12.5. The Morgan fingerprint density at radius 1 is 1.41 bits per heavy atom. The first kappa shape index (κ1) is 12.3. The van der Waals surface area contributed by atoms with Crippen molar-refractivity contribution < 1.29 is 9.18 Å². The van der Waals surface area contributed by atoms with E-state index in [1.807, 2.05) is 0 Å². The van der Waals surface area contributed by atoms with Crippen LogP contribution in [0.4, 0.5) is 4.39 Å². The van der Waals surface area contributed by atoms with Gasteiger partial charge in [0.05, 0.1) is 0 Å². The van der Waals surface area contributed by atoms with E-state index in [2.05, 4.69) is 4.99 Å². The fraction of sp³-hybridized carbons (Fsp3) is 0.462. The van der Waals surface area contributed by atoms with E-state index < -0.39 is 5.54 Å². The van der Waals surface area contributed by atoms with E-state index in [0.29, 0.717) is 29.0 Å². The molecule has 2 nitrogen and oxygen atoms in total. The molecule has 1 aromatic carbocycles. The van der Waals surface area contributed by atoms with Gasteiger partial charge in [0.15, 0.2) is 0 Å². The molecule has 0 aromatic heterocycles. The Hall–Kier alpha value is -1.18. The molecule has 0 heterocycles. The summed E-state index contributed by atoms with van der Waals surface area (Å²) in [6.07, 6.45) is 4.73. The van der Waals surface area contributed by atoms with Gasteiger partial charge in [-0.1, -0.05) is 30.5 Å². The molecule has 17 heavy (non-hydrogen) atoms. The van der Waals surface area contributed by atoms with Gasteiger partial charge in [-0.05, 0) is 31.4 Å². The lowest BCUT2D eigenvalue weighted by atomic mass is 9.87. The zero-order valence-electron chi connectivity index (χ0n) is 9.59. The van der Waals surface area contributed by atoms with Crippen LogP contribution < -0.4 is 0 Å². The lowest BCUT2D eigenvalue weighted by molar-refractivity contribution is 0.429. The summed E-state index contributed by atoms with van der Waals surface area (Å²) in [4.78, 5) is 14.4. The first-order valence-electron chi connectivity index (χ1n) is 5.65. The van der Waals surface area contributed by atoms with Gasteiger partial charge in [0.2, 0.25) is 6.08 Å². The molecule has 0 radical (unpaired) electrons. The molecule has 1 aromatic rings. The molecule has 1 aliphatic rings. The summed E-state index contributed by atoms with van der Waals surface area (Å²) < 4.78 is 14.2. The van der Waals surface area contributed by atoms with Crippen LogP contribution in [0.1, 0.15) is 36.8 Å². The lowest BCUT2D eigenvalue weighted by Crippen LogP contribution is -2.22. The second kappa shape index (κ2) is 4.59. The molecule has 2 rings (SSSR count). The highest BCUT2D eigenvalue weighted by Gasteiger charge is 2.39. The van der Waals surface area contributed by atoms with Gasteiger partial charge in [-0.2, -0.15) is 4.99 Å². The largest absolute Gasteiger partial charge is 0.235 e. The number of aryl methyl sites for hydroxylation is 1. The van der Waals surface area contributed by atoms with E-state index in [9.17, 15) is 9.18 Å². The van der Waals surface area contributed by atoms with Gasteiger partial charge in [0, 0.05) is 10.6 Å². The van der Waals surface area contributed by atoms with Gasteiger partial charge in [-0.15, -0.1) is 0 Å². The summed E-state index contributed by atoms with van der Waals surface area (Å²) in [6.45, 7) is 1.68. The molecule has 1 fully saturated rings. The maximum atomic E-state index is 14.2. The Kier molecular flexibility index (Phi) is 3.32. The van der Waals surface area contributed by atoms with Crippen LogP contribution in [0.15, 0.2) is 17.1 Å². The smallest absolute Gasteiger partial charge is 0.211 e. The van der Waals surface area contributed by atoms with Crippen LogP contribution in [0.3, 0.4) is 0 Å². The van der Waals surface area contributed by atoms with Gasteiger partial charge >= 0.3 is 0 Å². The quantitative estimate of drug-likeness (QED) is 0.581. The summed E-state index contributed by atoms with van der Waals surface area (Å²) in [7, 11) is 0. The van der Waals surface area contributed by atoms with Crippen LogP contribution in [0.5, 0.6) is 0 Å². The third kappa shape index (κ3) is 2.01. The van der Waals surface area contributed by atoms with Crippen molar-refractivity contribution in [2.45, 2.75) is 38.1 Å².